The fraction of sp³-hybridized carbons (Fsp3) is 0.435. The number of hydrogen-bond donors (Lipinski definition) is 1. The van der Waals surface area contributed by atoms with Crippen molar-refractivity contribution in [3.05, 3.63) is 54.1 Å². The van der Waals surface area contributed by atoms with Gasteiger partial charge in [0, 0.05) is 11.6 Å². The van der Waals surface area contributed by atoms with Crippen LogP contribution in [0.4, 0.5) is 5.69 Å². The van der Waals surface area contributed by atoms with Crippen LogP contribution in [0.2, 0.25) is 0 Å². The maximum Gasteiger partial charge on any atom is 0.223 e. The minimum Gasteiger partial charge on any atom is -0.494 e. The lowest BCUT2D eigenvalue weighted by Gasteiger charge is -2.40. The van der Waals surface area contributed by atoms with Crippen LogP contribution in [0.15, 0.2) is 48.5 Å². The molecule has 150 valence electrons. The Bertz CT molecular complexity index is 765. The van der Waals surface area contributed by atoms with Crippen LogP contribution in [0, 0.1) is 5.92 Å². The first kappa shape index (κ1) is 20.1. The number of ether oxygens (including phenoxy) is 2. The third-order valence-corrected chi connectivity index (χ3v) is 4.93. The standard InChI is InChI=1S/C23H30N2O3/c1-5-27-20-12-8-19(9-13-20)25-14-22(15-25)28-21-10-6-18(7-11-21)17(4)24-23(26)16(2)3/h6-13,16-17,22H,5,14-15H2,1-4H3,(H,24,26)/t17-/m0/s1. The molecule has 0 unspecified atom stereocenters. The molecular weight excluding hydrogens is 352 g/mol. The van der Waals surface area contributed by atoms with Gasteiger partial charge in [-0.05, 0) is 55.8 Å². The molecule has 1 N–H and O–H groups in total. The lowest BCUT2D eigenvalue weighted by molar-refractivity contribution is -0.124. The predicted octanol–water partition coefficient (Wildman–Crippen LogP) is 4.19. The van der Waals surface area contributed by atoms with Crippen LogP contribution in [0.5, 0.6) is 11.5 Å². The Kier molecular flexibility index (Phi) is 6.45. The van der Waals surface area contributed by atoms with Crippen LogP contribution in [0.25, 0.3) is 0 Å². The van der Waals surface area contributed by atoms with Gasteiger partial charge in [-0.15, -0.1) is 0 Å². The average molecular weight is 383 g/mol. The van der Waals surface area contributed by atoms with Crippen LogP contribution in [0.1, 0.15) is 39.3 Å². The first-order chi connectivity index (χ1) is 13.5. The maximum absolute atomic E-state index is 11.8. The molecule has 0 spiro atoms. The van der Waals surface area contributed by atoms with E-state index in [4.69, 9.17) is 9.47 Å². The Morgan fingerprint density at radius 3 is 2.21 bits per heavy atom. The molecule has 1 amide bonds. The van der Waals surface area contributed by atoms with Crippen LogP contribution >= 0.6 is 0 Å². The van der Waals surface area contributed by atoms with Crippen molar-refractivity contribution in [2.24, 2.45) is 5.92 Å². The van der Waals surface area contributed by atoms with Crippen LogP contribution < -0.4 is 19.7 Å². The van der Waals surface area contributed by atoms with Gasteiger partial charge in [0.05, 0.1) is 25.7 Å². The van der Waals surface area contributed by atoms with Crippen molar-refractivity contribution < 1.29 is 14.3 Å². The van der Waals surface area contributed by atoms with E-state index in [1.807, 2.05) is 64.1 Å². The summed E-state index contributed by atoms with van der Waals surface area (Å²) < 4.78 is 11.5. The van der Waals surface area contributed by atoms with E-state index in [9.17, 15) is 4.79 Å². The van der Waals surface area contributed by atoms with Crippen LogP contribution in [-0.4, -0.2) is 31.7 Å². The second-order valence-electron chi connectivity index (χ2n) is 7.53. The number of nitrogens with one attached hydrogen (secondary N) is 1. The molecule has 1 fully saturated rings. The SMILES string of the molecule is CCOc1ccc(N2CC(Oc3ccc([C@H](C)NC(=O)C(C)C)cc3)C2)cc1. The molecule has 5 heteroatoms. The summed E-state index contributed by atoms with van der Waals surface area (Å²) in [6.45, 7) is 10.2. The van der Waals surface area contributed by atoms with Crippen molar-refractivity contribution in [1.29, 1.82) is 0 Å². The first-order valence-electron chi connectivity index (χ1n) is 10.0. The largest absolute Gasteiger partial charge is 0.494 e. The monoisotopic (exact) mass is 382 g/mol. The Balaban J connectivity index is 1.47. The zero-order valence-electron chi connectivity index (χ0n) is 17.1. The lowest BCUT2D eigenvalue weighted by atomic mass is 10.1. The van der Waals surface area contributed by atoms with Gasteiger partial charge in [-0.2, -0.15) is 0 Å². The molecule has 0 saturated carbocycles. The van der Waals surface area contributed by atoms with E-state index in [1.54, 1.807) is 0 Å². The summed E-state index contributed by atoms with van der Waals surface area (Å²) in [5.41, 5.74) is 2.26. The molecule has 2 aromatic carbocycles. The quantitative estimate of drug-likeness (QED) is 0.744. The van der Waals surface area contributed by atoms with E-state index in [1.165, 1.54) is 5.69 Å². The Morgan fingerprint density at radius 2 is 1.64 bits per heavy atom. The molecule has 1 aliphatic rings. The minimum atomic E-state index is -0.0120. The van der Waals surface area contributed by atoms with Gasteiger partial charge in [0.1, 0.15) is 17.6 Å². The molecule has 1 aliphatic heterocycles. The lowest BCUT2D eigenvalue weighted by Crippen LogP contribution is -2.54. The summed E-state index contributed by atoms with van der Waals surface area (Å²) in [6.07, 6.45) is 0.190. The number of amides is 1. The second-order valence-corrected chi connectivity index (χ2v) is 7.53. The summed E-state index contributed by atoms with van der Waals surface area (Å²) in [7, 11) is 0. The van der Waals surface area contributed by atoms with E-state index >= 15 is 0 Å². The smallest absolute Gasteiger partial charge is 0.223 e. The third-order valence-electron chi connectivity index (χ3n) is 4.93. The van der Waals surface area contributed by atoms with Gasteiger partial charge in [0.15, 0.2) is 0 Å². The van der Waals surface area contributed by atoms with Crippen molar-refractivity contribution in [3.8, 4) is 11.5 Å². The summed E-state index contributed by atoms with van der Waals surface area (Å²) in [5.74, 6) is 1.82. The van der Waals surface area contributed by atoms with E-state index < -0.39 is 0 Å². The molecule has 3 rings (SSSR count). The highest BCUT2D eigenvalue weighted by atomic mass is 16.5. The molecule has 0 aliphatic carbocycles. The van der Waals surface area contributed by atoms with E-state index in [2.05, 4.69) is 22.3 Å². The maximum atomic E-state index is 11.8. The minimum absolute atomic E-state index is 0.0113. The predicted molar refractivity (Wildman–Crippen MR) is 112 cm³/mol. The second kappa shape index (κ2) is 9.00. The van der Waals surface area contributed by atoms with Gasteiger partial charge in [-0.25, -0.2) is 0 Å². The molecule has 1 atom stereocenters. The Labute approximate surface area is 167 Å². The summed E-state index contributed by atoms with van der Waals surface area (Å²) >= 11 is 0. The Hall–Kier alpha value is -2.69. The number of benzene rings is 2. The van der Waals surface area contributed by atoms with Gasteiger partial charge in [-0.3, -0.25) is 4.79 Å². The van der Waals surface area contributed by atoms with Crippen molar-refractivity contribution in [2.75, 3.05) is 24.6 Å². The third kappa shape index (κ3) is 4.97. The highest BCUT2D eigenvalue weighted by molar-refractivity contribution is 5.78. The van der Waals surface area contributed by atoms with Crippen molar-refractivity contribution >= 4 is 11.6 Å². The van der Waals surface area contributed by atoms with Crippen LogP contribution in [-0.2, 0) is 4.79 Å². The molecule has 0 radical (unpaired) electrons. The van der Waals surface area contributed by atoms with Crippen molar-refractivity contribution in [3.63, 3.8) is 0 Å². The number of carbonyl (C=O) groups excluding carboxylic acids is 1. The zero-order valence-corrected chi connectivity index (χ0v) is 17.1. The van der Waals surface area contributed by atoms with Gasteiger partial charge >= 0.3 is 0 Å². The topological polar surface area (TPSA) is 50.8 Å². The van der Waals surface area contributed by atoms with E-state index in [0.29, 0.717) is 6.61 Å². The van der Waals surface area contributed by atoms with Crippen molar-refractivity contribution in [2.45, 2.75) is 39.8 Å². The number of rotatable bonds is 8. The molecule has 1 heterocycles. The first-order valence-corrected chi connectivity index (χ1v) is 10.0. The molecule has 5 nitrogen and oxygen atoms in total. The van der Waals surface area contributed by atoms with Gasteiger partial charge in [0.2, 0.25) is 5.91 Å². The average Bonchev–Trinajstić information content (AvgIpc) is 2.66. The molecule has 2 aromatic rings. The molecule has 28 heavy (non-hydrogen) atoms. The fourth-order valence-corrected chi connectivity index (χ4v) is 3.13. The molecule has 0 bridgehead atoms. The summed E-state index contributed by atoms with van der Waals surface area (Å²) in [6, 6.07) is 16.2. The normalized spacial score (nSPS) is 15.1. The van der Waals surface area contributed by atoms with Gasteiger partial charge in [-0.1, -0.05) is 26.0 Å². The van der Waals surface area contributed by atoms with Gasteiger partial charge < -0.3 is 19.7 Å². The number of hydrogen-bond acceptors (Lipinski definition) is 4. The van der Waals surface area contributed by atoms with Crippen LogP contribution in [0.3, 0.4) is 0 Å². The highest BCUT2D eigenvalue weighted by Crippen LogP contribution is 2.27. The summed E-state index contributed by atoms with van der Waals surface area (Å²) in [5, 5.41) is 3.02. The van der Waals surface area contributed by atoms with Gasteiger partial charge in [0.25, 0.3) is 0 Å². The Morgan fingerprint density at radius 1 is 1.04 bits per heavy atom. The number of nitrogens with zero attached hydrogens (tertiary/aromatic N) is 1. The highest BCUT2D eigenvalue weighted by Gasteiger charge is 2.28. The summed E-state index contributed by atoms with van der Waals surface area (Å²) in [4.78, 5) is 14.1. The number of carbonyl (C=O) groups is 1. The molecule has 0 aromatic heterocycles. The fourth-order valence-electron chi connectivity index (χ4n) is 3.13. The van der Waals surface area contributed by atoms with Crippen molar-refractivity contribution in [1.82, 2.24) is 5.32 Å². The van der Waals surface area contributed by atoms with E-state index in [-0.39, 0.29) is 24.0 Å². The molecular formula is C23H30N2O3. The zero-order chi connectivity index (χ0) is 20.1. The molecule has 1 saturated heterocycles. The van der Waals surface area contributed by atoms with E-state index in [0.717, 1.165) is 30.2 Å². The number of anilines is 1.